The summed E-state index contributed by atoms with van der Waals surface area (Å²) in [7, 11) is 0. The summed E-state index contributed by atoms with van der Waals surface area (Å²) in [5, 5.41) is 0. The van der Waals surface area contributed by atoms with E-state index in [9.17, 15) is 13.2 Å². The Kier molecular flexibility index (Phi) is 12.8. The summed E-state index contributed by atoms with van der Waals surface area (Å²) in [5.74, 6) is 0. The minimum absolute atomic E-state index is 0.150. The van der Waals surface area contributed by atoms with Gasteiger partial charge in [-0.3, -0.25) is 0 Å². The van der Waals surface area contributed by atoms with Crippen molar-refractivity contribution in [3.05, 3.63) is 9.66 Å². The molecule has 13 heteroatoms. The van der Waals surface area contributed by atoms with Crippen LogP contribution in [0.4, 0.5) is 13.2 Å². The molecule has 0 N–H and O–H groups in total. The molecule has 0 aromatic carbocycles. The SMILES string of the molecule is FC(F)(F)C(I)=CC(I)(I)C(I)(I)C(I)(I)C(I)(I)I. The molecule has 0 unspecified atom stereocenters. The van der Waals surface area contributed by atoms with Gasteiger partial charge in [0.2, 0.25) is 0 Å². The lowest BCUT2D eigenvalue weighted by molar-refractivity contribution is -0.0819. The largest absolute Gasteiger partial charge is 0.421 e. The fourth-order valence-corrected chi connectivity index (χ4v) is 12.2. The predicted molar refractivity (Wildman–Crippen MR) is 165 cm³/mol. The van der Waals surface area contributed by atoms with Crippen molar-refractivity contribution in [2.24, 2.45) is 0 Å². The van der Waals surface area contributed by atoms with Gasteiger partial charge in [-0.05, 0) is 28.7 Å². The number of alkyl halides is 12. The van der Waals surface area contributed by atoms with E-state index in [1.54, 1.807) is 0 Å². The van der Waals surface area contributed by atoms with Crippen LogP contribution in [0, 0.1) is 0 Å². The summed E-state index contributed by atoms with van der Waals surface area (Å²) in [5.41, 5.74) is 0. The normalized spacial score (nSPS) is 16.6. The summed E-state index contributed by atoms with van der Waals surface area (Å²) in [6.45, 7) is 0. The average Bonchev–Trinajstić information content (AvgIpc) is 2.12. The lowest BCUT2D eigenvalue weighted by Crippen LogP contribution is -2.52. The fourth-order valence-electron chi connectivity index (χ4n) is 0.719. The molecule has 0 spiro atoms. The molecule has 0 aromatic rings. The first-order valence-electron chi connectivity index (χ1n) is 4.03. The van der Waals surface area contributed by atoms with Gasteiger partial charge in [-0.25, -0.2) is 0 Å². The van der Waals surface area contributed by atoms with Crippen LogP contribution in [-0.4, -0.2) is 9.90 Å². The van der Waals surface area contributed by atoms with Crippen molar-refractivity contribution in [3.8, 4) is 0 Å². The van der Waals surface area contributed by atoms with Crippen molar-refractivity contribution >= 4 is 226 Å². The van der Waals surface area contributed by atoms with Crippen molar-refractivity contribution in [1.29, 1.82) is 0 Å². The van der Waals surface area contributed by atoms with Gasteiger partial charge in [0.15, 0.2) is 0 Å². The minimum Gasteiger partial charge on any atom is -0.166 e. The van der Waals surface area contributed by atoms with E-state index in [1.165, 1.54) is 28.7 Å². The fraction of sp³-hybridized carbons (Fsp3) is 0.714. The molecule has 0 nitrogen and oxygen atoms in total. The van der Waals surface area contributed by atoms with Crippen LogP contribution in [0.25, 0.3) is 0 Å². The average molecular weight is 1410 g/mol. The molecule has 20 heavy (non-hydrogen) atoms. The molecular weight excluding hydrogens is 1410 g/mol. The molecule has 0 heterocycles. The van der Waals surface area contributed by atoms with Crippen LogP contribution in [0.1, 0.15) is 0 Å². The number of hydrogen-bond donors (Lipinski definition) is 0. The molecule has 0 bridgehead atoms. The molecule has 0 saturated heterocycles. The zero-order valence-corrected chi connectivity index (χ0v) is 30.1. The second-order valence-corrected chi connectivity index (χ2v) is 31.5. The third kappa shape index (κ3) is 7.02. The van der Waals surface area contributed by atoms with Crippen LogP contribution >= 0.6 is 226 Å². The van der Waals surface area contributed by atoms with Crippen molar-refractivity contribution in [2.75, 3.05) is 0 Å². The number of allylic oxidation sites excluding steroid dienone is 2. The monoisotopic (exact) mass is 1410 g/mol. The van der Waals surface area contributed by atoms with Crippen LogP contribution in [0.5, 0.6) is 0 Å². The van der Waals surface area contributed by atoms with Crippen molar-refractivity contribution in [3.63, 3.8) is 0 Å². The van der Waals surface area contributed by atoms with Gasteiger partial charge in [-0.1, -0.05) is 203 Å². The highest BCUT2D eigenvalue weighted by molar-refractivity contribution is 14.3. The lowest BCUT2D eigenvalue weighted by atomic mass is 10.2. The zero-order chi connectivity index (χ0) is 16.8. The highest BCUT2D eigenvalue weighted by atomic mass is 127. The maximum absolute atomic E-state index is 12.8. The molecule has 0 aliphatic rings. The second-order valence-electron chi connectivity index (χ2n) is 3.26. The van der Waals surface area contributed by atoms with E-state index in [1.807, 2.05) is 0 Å². The van der Waals surface area contributed by atoms with E-state index in [4.69, 9.17) is 0 Å². The lowest BCUT2D eigenvalue weighted by Gasteiger charge is -2.46. The molecule has 120 valence electrons. The van der Waals surface area contributed by atoms with Crippen LogP contribution in [0.2, 0.25) is 0 Å². The smallest absolute Gasteiger partial charge is 0.166 e. The predicted octanol–water partition coefficient (Wildman–Crippen LogP) is 9.53. The molecule has 0 aromatic heterocycles. The second kappa shape index (κ2) is 9.55. The Bertz CT molecular complexity index is 391. The van der Waals surface area contributed by atoms with Gasteiger partial charge in [0, 0.05) is 0 Å². The number of halogens is 13. The Labute approximate surface area is 251 Å². The first kappa shape index (κ1) is 26.8. The van der Waals surface area contributed by atoms with Crippen molar-refractivity contribution in [1.82, 2.24) is 0 Å². The topological polar surface area (TPSA) is 0 Å². The zero-order valence-electron chi connectivity index (χ0n) is 8.49. The van der Waals surface area contributed by atoms with Gasteiger partial charge in [0.25, 0.3) is 0 Å². The molecule has 0 amide bonds. The Morgan fingerprint density at radius 1 is 0.700 bits per heavy atom. The van der Waals surface area contributed by atoms with Gasteiger partial charge >= 0.3 is 6.18 Å². The van der Waals surface area contributed by atoms with E-state index in [2.05, 4.69) is 203 Å². The summed E-state index contributed by atoms with van der Waals surface area (Å²) in [6.07, 6.45) is -2.98. The van der Waals surface area contributed by atoms with Gasteiger partial charge < -0.3 is 0 Å². The third-order valence-electron chi connectivity index (χ3n) is 1.75. The molecule has 0 fully saturated rings. The molecule has 0 aliphatic carbocycles. The summed E-state index contributed by atoms with van der Waals surface area (Å²) in [4.78, 5) is 0. The summed E-state index contributed by atoms with van der Waals surface area (Å²) < 4.78 is 36.3. The summed E-state index contributed by atoms with van der Waals surface area (Å²) in [6, 6.07) is 0. The van der Waals surface area contributed by atoms with E-state index < -0.39 is 12.6 Å². The maximum atomic E-state index is 12.8. The highest BCUT2D eigenvalue weighted by Crippen LogP contribution is 2.70. The van der Waals surface area contributed by atoms with Gasteiger partial charge in [0.1, 0.15) is 3.72 Å². The van der Waals surface area contributed by atoms with Gasteiger partial charge in [0.05, 0.1) is 3.58 Å². The quantitative estimate of drug-likeness (QED) is 0.195. The van der Waals surface area contributed by atoms with Crippen LogP contribution in [-0.2, 0) is 0 Å². The number of hydrogen-bond acceptors (Lipinski definition) is 0. The minimum atomic E-state index is -4.29. The van der Waals surface area contributed by atoms with E-state index >= 15 is 0 Å². The number of rotatable bonds is 4. The summed E-state index contributed by atoms with van der Waals surface area (Å²) >= 11 is 21.8. The first-order valence-corrected chi connectivity index (χ1v) is 14.8. The highest BCUT2D eigenvalue weighted by Gasteiger charge is 2.63. The molecule has 0 saturated carbocycles. The Morgan fingerprint density at radius 3 is 1.30 bits per heavy atom. The Balaban J connectivity index is 5.84. The van der Waals surface area contributed by atoms with Crippen LogP contribution in [0.3, 0.4) is 0 Å². The van der Waals surface area contributed by atoms with Gasteiger partial charge in [-0.15, -0.1) is 0 Å². The molecule has 0 aliphatic heterocycles. The molecule has 0 radical (unpaired) electrons. The Hall–Kier alpha value is 6.83. The third-order valence-corrected chi connectivity index (χ3v) is 28.3. The first-order chi connectivity index (χ1) is 8.38. The van der Waals surface area contributed by atoms with Crippen LogP contribution in [0.15, 0.2) is 9.66 Å². The van der Waals surface area contributed by atoms with E-state index in [0.29, 0.717) is 0 Å². The Morgan fingerprint density at radius 2 is 1.05 bits per heavy atom. The van der Waals surface area contributed by atoms with Crippen molar-refractivity contribution in [2.45, 2.75) is 9.90 Å². The molecule has 0 rings (SSSR count). The maximum Gasteiger partial charge on any atom is 0.421 e. The van der Waals surface area contributed by atoms with Crippen LogP contribution < -0.4 is 0 Å². The van der Waals surface area contributed by atoms with Crippen molar-refractivity contribution < 1.29 is 13.2 Å². The molecular formula is C7HF3I10. The van der Waals surface area contributed by atoms with Gasteiger partial charge in [-0.2, -0.15) is 13.2 Å². The van der Waals surface area contributed by atoms with E-state index in [-0.39, 0.29) is 0.864 Å². The standard InChI is InChI=1S/C7HF3I10/c8-4(9,10)2(11)1-3(12,13)5(14,15)6(16,17)7(18,19)20/h1H. The van der Waals surface area contributed by atoms with E-state index in [0.717, 1.165) is 0 Å². The molecule has 0 atom stereocenters.